The monoisotopic (exact) mass is 424 g/mol. The number of anilines is 1. The van der Waals surface area contributed by atoms with Crippen LogP contribution in [-0.4, -0.2) is 43.5 Å². The second kappa shape index (κ2) is 11.1. The summed E-state index contributed by atoms with van der Waals surface area (Å²) >= 11 is 0. The summed E-state index contributed by atoms with van der Waals surface area (Å²) in [5.74, 6) is -4.19. The van der Waals surface area contributed by atoms with Gasteiger partial charge in [-0.15, -0.1) is 0 Å². The number of halogens is 3. The standard InChI is InChI=1S/C21H23F3N2O4/c1-3-29-14-6-8-15(9-7-14)30-12-4-5-19(28)26(2)13-18(27)25-17-11-10-16(22)20(23)21(17)24/h6-11H,3-5,12-13H2,1-2H3,(H,25,27). The van der Waals surface area contributed by atoms with E-state index >= 15 is 0 Å². The van der Waals surface area contributed by atoms with Crippen molar-refractivity contribution in [2.75, 3.05) is 32.1 Å². The maximum absolute atomic E-state index is 13.6. The minimum absolute atomic E-state index is 0.139. The third-order valence-electron chi connectivity index (χ3n) is 4.05. The van der Waals surface area contributed by atoms with Crippen molar-refractivity contribution in [2.24, 2.45) is 0 Å². The Hall–Kier alpha value is -3.23. The number of likely N-dealkylation sites (N-methyl/N-ethyl adjacent to an activating group) is 1. The molecule has 0 saturated heterocycles. The highest BCUT2D eigenvalue weighted by molar-refractivity contribution is 5.94. The molecule has 2 aromatic rings. The highest BCUT2D eigenvalue weighted by atomic mass is 19.2. The molecule has 0 bridgehead atoms. The molecule has 0 saturated carbocycles. The lowest BCUT2D eigenvalue weighted by molar-refractivity contribution is -0.133. The van der Waals surface area contributed by atoms with Crippen molar-refractivity contribution in [1.82, 2.24) is 4.90 Å². The summed E-state index contributed by atoms with van der Waals surface area (Å²) in [4.78, 5) is 25.2. The lowest BCUT2D eigenvalue weighted by Gasteiger charge is -2.17. The Morgan fingerprint density at radius 3 is 2.23 bits per heavy atom. The predicted molar refractivity (Wildman–Crippen MR) is 105 cm³/mol. The van der Waals surface area contributed by atoms with Crippen LogP contribution < -0.4 is 14.8 Å². The molecule has 2 amide bonds. The number of nitrogens with one attached hydrogen (secondary N) is 1. The van der Waals surface area contributed by atoms with Gasteiger partial charge in [0, 0.05) is 13.5 Å². The van der Waals surface area contributed by atoms with Crippen molar-refractivity contribution in [1.29, 1.82) is 0 Å². The first-order valence-electron chi connectivity index (χ1n) is 9.34. The highest BCUT2D eigenvalue weighted by Gasteiger charge is 2.17. The Kier molecular flexibility index (Phi) is 8.52. The zero-order valence-corrected chi connectivity index (χ0v) is 16.7. The fraction of sp³-hybridized carbons (Fsp3) is 0.333. The van der Waals surface area contributed by atoms with Crippen LogP contribution in [0.3, 0.4) is 0 Å². The summed E-state index contributed by atoms with van der Waals surface area (Å²) in [6.45, 7) is 2.41. The van der Waals surface area contributed by atoms with Crippen LogP contribution in [-0.2, 0) is 9.59 Å². The Morgan fingerprint density at radius 2 is 1.60 bits per heavy atom. The van der Waals surface area contributed by atoms with Gasteiger partial charge in [-0.3, -0.25) is 9.59 Å². The van der Waals surface area contributed by atoms with Crippen LogP contribution in [0, 0.1) is 17.5 Å². The molecule has 0 atom stereocenters. The summed E-state index contributed by atoms with van der Waals surface area (Å²) < 4.78 is 50.6. The Morgan fingerprint density at radius 1 is 0.967 bits per heavy atom. The lowest BCUT2D eigenvalue weighted by Crippen LogP contribution is -2.35. The Bertz CT molecular complexity index is 875. The zero-order chi connectivity index (χ0) is 22.1. The molecular weight excluding hydrogens is 401 g/mol. The van der Waals surface area contributed by atoms with E-state index in [-0.39, 0.29) is 18.9 Å². The molecule has 0 heterocycles. The van der Waals surface area contributed by atoms with Gasteiger partial charge in [-0.2, -0.15) is 0 Å². The fourth-order valence-electron chi connectivity index (χ4n) is 2.52. The van der Waals surface area contributed by atoms with Crippen LogP contribution in [0.4, 0.5) is 18.9 Å². The number of rotatable bonds is 10. The molecule has 0 aliphatic heterocycles. The maximum atomic E-state index is 13.6. The van der Waals surface area contributed by atoms with Crippen molar-refractivity contribution in [2.45, 2.75) is 19.8 Å². The van der Waals surface area contributed by atoms with E-state index in [0.29, 0.717) is 31.5 Å². The van der Waals surface area contributed by atoms with E-state index in [1.54, 1.807) is 24.3 Å². The summed E-state index contributed by atoms with van der Waals surface area (Å²) in [6.07, 6.45) is 0.566. The topological polar surface area (TPSA) is 67.9 Å². The van der Waals surface area contributed by atoms with Gasteiger partial charge in [0.05, 0.1) is 25.4 Å². The van der Waals surface area contributed by atoms with E-state index < -0.39 is 29.0 Å². The van der Waals surface area contributed by atoms with Gasteiger partial charge in [-0.25, -0.2) is 13.2 Å². The highest BCUT2D eigenvalue weighted by Crippen LogP contribution is 2.20. The molecule has 0 unspecified atom stereocenters. The van der Waals surface area contributed by atoms with Crippen LogP contribution in [0.1, 0.15) is 19.8 Å². The first kappa shape index (κ1) is 23.1. The normalized spacial score (nSPS) is 10.4. The number of nitrogens with zero attached hydrogens (tertiary/aromatic N) is 1. The van der Waals surface area contributed by atoms with E-state index in [9.17, 15) is 22.8 Å². The quantitative estimate of drug-likeness (QED) is 0.466. The van der Waals surface area contributed by atoms with Crippen LogP contribution in [0.5, 0.6) is 11.5 Å². The first-order valence-corrected chi connectivity index (χ1v) is 9.34. The molecule has 0 fully saturated rings. The molecule has 0 aliphatic rings. The number of benzene rings is 2. The van der Waals surface area contributed by atoms with Crippen molar-refractivity contribution in [3.8, 4) is 11.5 Å². The van der Waals surface area contributed by atoms with Crippen molar-refractivity contribution in [3.63, 3.8) is 0 Å². The van der Waals surface area contributed by atoms with Gasteiger partial charge >= 0.3 is 0 Å². The average Bonchev–Trinajstić information content (AvgIpc) is 2.72. The molecule has 2 rings (SSSR count). The van der Waals surface area contributed by atoms with E-state index in [1.165, 1.54) is 7.05 Å². The molecule has 2 aromatic carbocycles. The number of hydrogen-bond acceptors (Lipinski definition) is 4. The van der Waals surface area contributed by atoms with Gasteiger partial charge in [0.25, 0.3) is 0 Å². The predicted octanol–water partition coefficient (Wildman–Crippen LogP) is 3.76. The third-order valence-corrected chi connectivity index (χ3v) is 4.05. The molecule has 162 valence electrons. The number of amides is 2. The van der Waals surface area contributed by atoms with E-state index in [0.717, 1.165) is 16.7 Å². The fourth-order valence-corrected chi connectivity index (χ4v) is 2.52. The van der Waals surface area contributed by atoms with E-state index in [2.05, 4.69) is 5.32 Å². The number of carbonyl (C=O) groups is 2. The van der Waals surface area contributed by atoms with Crippen molar-refractivity contribution < 1.29 is 32.2 Å². The van der Waals surface area contributed by atoms with Gasteiger partial charge in [0.15, 0.2) is 17.5 Å². The minimum atomic E-state index is -1.68. The molecular formula is C21H23F3N2O4. The molecule has 9 heteroatoms. The number of hydrogen-bond donors (Lipinski definition) is 1. The van der Waals surface area contributed by atoms with Gasteiger partial charge in [-0.1, -0.05) is 0 Å². The van der Waals surface area contributed by atoms with Crippen LogP contribution >= 0.6 is 0 Å². The molecule has 0 aliphatic carbocycles. The van der Waals surface area contributed by atoms with Crippen LogP contribution in [0.25, 0.3) is 0 Å². The van der Waals surface area contributed by atoms with E-state index in [1.807, 2.05) is 6.92 Å². The number of carbonyl (C=O) groups excluding carboxylic acids is 2. The molecule has 0 aromatic heterocycles. The smallest absolute Gasteiger partial charge is 0.244 e. The van der Waals surface area contributed by atoms with Crippen molar-refractivity contribution in [3.05, 3.63) is 53.8 Å². The molecule has 6 nitrogen and oxygen atoms in total. The average molecular weight is 424 g/mol. The third kappa shape index (κ3) is 6.68. The van der Waals surface area contributed by atoms with Gasteiger partial charge in [0.2, 0.25) is 11.8 Å². The van der Waals surface area contributed by atoms with E-state index in [4.69, 9.17) is 9.47 Å². The van der Waals surface area contributed by atoms with Crippen LogP contribution in [0.2, 0.25) is 0 Å². The minimum Gasteiger partial charge on any atom is -0.494 e. The summed E-state index contributed by atoms with van der Waals surface area (Å²) in [5.41, 5.74) is -0.497. The lowest BCUT2D eigenvalue weighted by atomic mass is 10.2. The second-order valence-electron chi connectivity index (χ2n) is 6.38. The SMILES string of the molecule is CCOc1ccc(OCCCC(=O)N(C)CC(=O)Nc2ccc(F)c(F)c2F)cc1. The molecule has 0 radical (unpaired) electrons. The summed E-state index contributed by atoms with van der Waals surface area (Å²) in [6, 6.07) is 8.71. The maximum Gasteiger partial charge on any atom is 0.244 e. The first-order chi connectivity index (χ1) is 14.3. The summed E-state index contributed by atoms with van der Waals surface area (Å²) in [5, 5.41) is 2.12. The van der Waals surface area contributed by atoms with Crippen molar-refractivity contribution >= 4 is 17.5 Å². The largest absolute Gasteiger partial charge is 0.494 e. The summed E-state index contributed by atoms with van der Waals surface area (Å²) in [7, 11) is 1.41. The Balaban J connectivity index is 1.72. The second-order valence-corrected chi connectivity index (χ2v) is 6.38. The Labute approximate surface area is 172 Å². The van der Waals surface area contributed by atoms with Crippen LogP contribution in [0.15, 0.2) is 36.4 Å². The van der Waals surface area contributed by atoms with Gasteiger partial charge in [-0.05, 0) is 49.7 Å². The zero-order valence-electron chi connectivity index (χ0n) is 16.7. The molecule has 30 heavy (non-hydrogen) atoms. The molecule has 0 spiro atoms. The molecule has 1 N–H and O–H groups in total. The van der Waals surface area contributed by atoms with Gasteiger partial charge in [0.1, 0.15) is 11.5 Å². The number of ether oxygens (including phenoxy) is 2. The van der Waals surface area contributed by atoms with Gasteiger partial charge < -0.3 is 19.7 Å².